The number of hydrogen-bond acceptors (Lipinski definition) is 6. The van der Waals surface area contributed by atoms with Gasteiger partial charge in [0.2, 0.25) is 11.8 Å². The number of benzene rings is 1. The largest absolute Gasteiger partial charge is 0.438 e. The van der Waals surface area contributed by atoms with Gasteiger partial charge in [-0.1, -0.05) is 45.4 Å². The lowest BCUT2D eigenvalue weighted by molar-refractivity contribution is -0.125. The highest BCUT2D eigenvalue weighted by atomic mass is 32.1. The van der Waals surface area contributed by atoms with Crippen molar-refractivity contribution in [1.29, 1.82) is 0 Å². The third-order valence-electron chi connectivity index (χ3n) is 4.71. The molecule has 2 heterocycles. The maximum Gasteiger partial charge on any atom is 0.237 e. The van der Waals surface area contributed by atoms with Gasteiger partial charge in [0.15, 0.2) is 11.7 Å². The van der Waals surface area contributed by atoms with E-state index in [0.29, 0.717) is 23.9 Å². The van der Waals surface area contributed by atoms with Crippen LogP contribution in [0.5, 0.6) is 0 Å². The molecule has 0 fully saturated rings. The summed E-state index contributed by atoms with van der Waals surface area (Å²) in [7, 11) is 0. The molecule has 3 atom stereocenters. The zero-order valence-corrected chi connectivity index (χ0v) is 17.9. The number of aliphatic hydroxyl groups excluding tert-OH is 1. The van der Waals surface area contributed by atoms with Crippen LogP contribution in [0.2, 0.25) is 0 Å². The van der Waals surface area contributed by atoms with E-state index < -0.39 is 12.1 Å². The normalized spacial score (nSPS) is 14.8. The number of thiophene rings is 1. The predicted octanol–water partition coefficient (Wildman–Crippen LogP) is 3.82. The lowest BCUT2D eigenvalue weighted by Gasteiger charge is -2.26. The molecule has 0 bridgehead atoms. The van der Waals surface area contributed by atoms with Crippen LogP contribution in [-0.4, -0.2) is 34.1 Å². The molecule has 0 saturated carbocycles. The summed E-state index contributed by atoms with van der Waals surface area (Å²) in [5.74, 6) is 0.109. The summed E-state index contributed by atoms with van der Waals surface area (Å²) in [5, 5.41) is 19.3. The van der Waals surface area contributed by atoms with E-state index in [-0.39, 0.29) is 23.9 Å². The summed E-state index contributed by atoms with van der Waals surface area (Å²) in [5.41, 5.74) is 1.32. The van der Waals surface area contributed by atoms with Crippen LogP contribution in [0.3, 0.4) is 0 Å². The maximum absolute atomic E-state index is 13.1. The molecular formula is C22H29N3O3S. The molecule has 3 N–H and O–H groups in total. The van der Waals surface area contributed by atoms with E-state index in [4.69, 9.17) is 4.42 Å². The number of para-hydroxylation sites is 2. The van der Waals surface area contributed by atoms with Gasteiger partial charge < -0.3 is 20.2 Å². The van der Waals surface area contributed by atoms with E-state index in [1.54, 1.807) is 11.3 Å². The van der Waals surface area contributed by atoms with Crippen LogP contribution in [-0.2, 0) is 11.2 Å². The fraction of sp³-hybridized carbons (Fsp3) is 0.455. The molecule has 2 unspecified atom stereocenters. The van der Waals surface area contributed by atoms with Crippen LogP contribution in [0, 0.1) is 0 Å². The summed E-state index contributed by atoms with van der Waals surface area (Å²) in [6, 6.07) is 10.7. The molecule has 7 heteroatoms. The number of carbonyl (C=O) groups is 1. The Balaban J connectivity index is 1.75. The average molecular weight is 416 g/mol. The second-order valence-corrected chi connectivity index (χ2v) is 8.56. The Morgan fingerprint density at radius 1 is 1.24 bits per heavy atom. The van der Waals surface area contributed by atoms with Gasteiger partial charge in [-0.2, -0.15) is 0 Å². The number of oxazole rings is 1. The van der Waals surface area contributed by atoms with E-state index in [1.807, 2.05) is 62.5 Å². The van der Waals surface area contributed by atoms with Crippen LogP contribution < -0.4 is 10.6 Å². The number of carbonyl (C=O) groups excluding carboxylic acids is 1. The first-order valence-corrected chi connectivity index (χ1v) is 11.0. The van der Waals surface area contributed by atoms with Gasteiger partial charge in [-0.3, -0.25) is 4.79 Å². The van der Waals surface area contributed by atoms with Crippen molar-refractivity contribution in [2.24, 2.45) is 0 Å². The van der Waals surface area contributed by atoms with Gasteiger partial charge in [-0.15, -0.1) is 11.3 Å². The second kappa shape index (κ2) is 10.0. The van der Waals surface area contributed by atoms with Crippen LogP contribution in [0.1, 0.15) is 50.5 Å². The topological polar surface area (TPSA) is 87.4 Å². The Kier molecular flexibility index (Phi) is 7.41. The number of aliphatic hydroxyl groups is 1. The molecule has 0 radical (unpaired) electrons. The number of fused-ring (bicyclic) bond motifs is 1. The Morgan fingerprint density at radius 2 is 2.03 bits per heavy atom. The molecule has 6 nitrogen and oxygen atoms in total. The quantitative estimate of drug-likeness (QED) is 0.469. The zero-order valence-electron chi connectivity index (χ0n) is 17.1. The molecule has 1 aromatic carbocycles. The van der Waals surface area contributed by atoms with Gasteiger partial charge in [0, 0.05) is 17.3 Å². The number of aromatic nitrogens is 1. The Morgan fingerprint density at radius 3 is 2.69 bits per heavy atom. The first-order chi connectivity index (χ1) is 14.0. The summed E-state index contributed by atoms with van der Waals surface area (Å²) >= 11 is 1.64. The van der Waals surface area contributed by atoms with Gasteiger partial charge in [0.05, 0.1) is 12.1 Å². The molecular weight excluding hydrogens is 386 g/mol. The lowest BCUT2D eigenvalue weighted by Crippen LogP contribution is -2.52. The summed E-state index contributed by atoms with van der Waals surface area (Å²) in [6.07, 6.45) is 1.04. The zero-order chi connectivity index (χ0) is 20.8. The number of amides is 1. The fourth-order valence-corrected chi connectivity index (χ4v) is 4.10. The van der Waals surface area contributed by atoms with Crippen molar-refractivity contribution in [3.05, 3.63) is 52.5 Å². The van der Waals surface area contributed by atoms with E-state index in [2.05, 4.69) is 15.6 Å². The van der Waals surface area contributed by atoms with Crippen molar-refractivity contribution in [3.63, 3.8) is 0 Å². The Hall–Kier alpha value is -2.22. The average Bonchev–Trinajstić information content (AvgIpc) is 3.35. The molecule has 0 aliphatic heterocycles. The lowest BCUT2D eigenvalue weighted by atomic mass is 10.0. The van der Waals surface area contributed by atoms with Crippen LogP contribution in [0.15, 0.2) is 46.2 Å². The van der Waals surface area contributed by atoms with Crippen LogP contribution in [0.4, 0.5) is 0 Å². The molecule has 0 aliphatic rings. The minimum Gasteiger partial charge on any atom is -0.438 e. The van der Waals surface area contributed by atoms with Crippen LogP contribution >= 0.6 is 11.3 Å². The third kappa shape index (κ3) is 5.65. The Labute approximate surface area is 175 Å². The van der Waals surface area contributed by atoms with Gasteiger partial charge in [0.25, 0.3) is 0 Å². The molecule has 156 valence electrons. The summed E-state index contributed by atoms with van der Waals surface area (Å²) in [6.45, 7) is 6.06. The highest BCUT2D eigenvalue weighted by Crippen LogP contribution is 2.24. The summed E-state index contributed by atoms with van der Waals surface area (Å²) < 4.78 is 5.72. The van der Waals surface area contributed by atoms with Crippen molar-refractivity contribution < 1.29 is 14.3 Å². The first kappa shape index (κ1) is 21.5. The number of nitrogens with one attached hydrogen (secondary N) is 2. The minimum atomic E-state index is -1.01. The fourth-order valence-electron chi connectivity index (χ4n) is 3.35. The molecule has 29 heavy (non-hydrogen) atoms. The molecule has 1 amide bonds. The number of rotatable bonds is 10. The molecule has 0 saturated heterocycles. The Bertz CT molecular complexity index is 874. The minimum absolute atomic E-state index is 0.124. The maximum atomic E-state index is 13.1. The second-order valence-electron chi connectivity index (χ2n) is 7.53. The molecule has 3 rings (SSSR count). The van der Waals surface area contributed by atoms with Gasteiger partial charge >= 0.3 is 0 Å². The SMILES string of the molecule is CCCC(NC(=O)[C@H](Cc1cccs1)NC(C)C)C(O)c1nc2ccccc2o1. The van der Waals surface area contributed by atoms with Crippen molar-refractivity contribution in [1.82, 2.24) is 15.6 Å². The highest BCUT2D eigenvalue weighted by molar-refractivity contribution is 7.09. The van der Waals surface area contributed by atoms with Crippen molar-refractivity contribution in [2.45, 2.75) is 64.3 Å². The van der Waals surface area contributed by atoms with Gasteiger partial charge in [-0.25, -0.2) is 4.98 Å². The third-order valence-corrected chi connectivity index (χ3v) is 5.61. The molecule has 3 aromatic rings. The van der Waals surface area contributed by atoms with Crippen LogP contribution in [0.25, 0.3) is 11.1 Å². The highest BCUT2D eigenvalue weighted by Gasteiger charge is 2.29. The van der Waals surface area contributed by atoms with Gasteiger partial charge in [0.1, 0.15) is 5.52 Å². The molecule has 0 aliphatic carbocycles. The van der Waals surface area contributed by atoms with Crippen molar-refractivity contribution >= 4 is 28.3 Å². The summed E-state index contributed by atoms with van der Waals surface area (Å²) in [4.78, 5) is 18.6. The van der Waals surface area contributed by atoms with E-state index in [0.717, 1.165) is 11.3 Å². The predicted molar refractivity (Wildman–Crippen MR) is 116 cm³/mol. The van der Waals surface area contributed by atoms with E-state index in [1.165, 1.54) is 0 Å². The number of nitrogens with zero attached hydrogens (tertiary/aromatic N) is 1. The monoisotopic (exact) mass is 415 g/mol. The smallest absolute Gasteiger partial charge is 0.237 e. The molecule has 2 aromatic heterocycles. The van der Waals surface area contributed by atoms with E-state index in [9.17, 15) is 9.90 Å². The standard InChI is InChI=1S/C22H29N3O3S/c1-4-8-17(20(26)22-25-16-10-5-6-11-19(16)28-22)24-21(27)18(23-14(2)3)13-15-9-7-12-29-15/h5-7,9-12,14,17-18,20,23,26H,4,8,13H2,1-3H3,(H,24,27)/t17?,18-,20?/m0/s1. The first-order valence-electron chi connectivity index (χ1n) is 10.1. The number of hydrogen-bond donors (Lipinski definition) is 3. The molecule has 0 spiro atoms. The van der Waals surface area contributed by atoms with E-state index >= 15 is 0 Å². The van der Waals surface area contributed by atoms with Crippen molar-refractivity contribution in [3.8, 4) is 0 Å². The van der Waals surface area contributed by atoms with Gasteiger partial charge in [-0.05, 0) is 30.0 Å². The van der Waals surface area contributed by atoms with Crippen molar-refractivity contribution in [2.75, 3.05) is 0 Å².